The van der Waals surface area contributed by atoms with Crippen LogP contribution < -0.4 is 5.32 Å². The molecule has 1 amide bonds. The monoisotopic (exact) mass is 375 g/mol. The number of rotatable bonds is 4. The van der Waals surface area contributed by atoms with Gasteiger partial charge >= 0.3 is 12.1 Å². The zero-order valence-corrected chi connectivity index (χ0v) is 13.1. The lowest BCUT2D eigenvalue weighted by molar-refractivity contribution is -0.137. The standard InChI is InChI=1S/C16H10ClF4NO3/c17-11-5-2-6-12(18)14(11)15(24)25-8-13(23)22-10-4-1-3-9(7-10)16(19,20)21/h1-7H,8H2,(H,22,23). The summed E-state index contributed by atoms with van der Waals surface area (Å²) in [4.78, 5) is 23.4. The van der Waals surface area contributed by atoms with Gasteiger partial charge in [-0.15, -0.1) is 0 Å². The second kappa shape index (κ2) is 7.52. The quantitative estimate of drug-likeness (QED) is 0.640. The smallest absolute Gasteiger partial charge is 0.416 e. The second-order valence-corrected chi connectivity index (χ2v) is 5.21. The maximum absolute atomic E-state index is 13.5. The van der Waals surface area contributed by atoms with Gasteiger partial charge in [0.25, 0.3) is 5.91 Å². The molecule has 4 nitrogen and oxygen atoms in total. The fourth-order valence-electron chi connectivity index (χ4n) is 1.87. The van der Waals surface area contributed by atoms with Crippen LogP contribution in [0.2, 0.25) is 5.02 Å². The van der Waals surface area contributed by atoms with Crippen molar-refractivity contribution >= 4 is 29.2 Å². The first-order chi connectivity index (χ1) is 11.7. The first kappa shape index (κ1) is 18.7. The molecule has 1 N–H and O–H groups in total. The summed E-state index contributed by atoms with van der Waals surface area (Å²) in [6.45, 7) is -0.820. The van der Waals surface area contributed by atoms with Gasteiger partial charge < -0.3 is 10.1 Å². The minimum Gasteiger partial charge on any atom is -0.452 e. The van der Waals surface area contributed by atoms with Gasteiger partial charge in [0.1, 0.15) is 11.4 Å². The van der Waals surface area contributed by atoms with E-state index in [2.05, 4.69) is 10.1 Å². The predicted octanol–water partition coefficient (Wildman–Crippen LogP) is 4.29. The number of amides is 1. The highest BCUT2D eigenvalue weighted by Gasteiger charge is 2.30. The number of anilines is 1. The van der Waals surface area contributed by atoms with Crippen molar-refractivity contribution in [2.45, 2.75) is 6.18 Å². The Balaban J connectivity index is 1.98. The summed E-state index contributed by atoms with van der Waals surface area (Å²) in [6.07, 6.45) is -4.56. The van der Waals surface area contributed by atoms with Gasteiger partial charge in [0, 0.05) is 5.69 Å². The lowest BCUT2D eigenvalue weighted by Crippen LogP contribution is -2.21. The third-order valence-corrected chi connectivity index (χ3v) is 3.29. The van der Waals surface area contributed by atoms with Gasteiger partial charge in [-0.3, -0.25) is 4.79 Å². The Kier molecular flexibility index (Phi) is 5.63. The number of nitrogens with one attached hydrogen (secondary N) is 1. The van der Waals surface area contributed by atoms with Gasteiger partial charge in [0.2, 0.25) is 0 Å². The molecule has 132 valence electrons. The number of hydrogen-bond donors (Lipinski definition) is 1. The van der Waals surface area contributed by atoms with E-state index in [1.54, 1.807) is 0 Å². The molecule has 0 saturated heterocycles. The number of halogens is 5. The summed E-state index contributed by atoms with van der Waals surface area (Å²) in [5.74, 6) is -2.97. The number of carbonyl (C=O) groups is 2. The van der Waals surface area contributed by atoms with E-state index in [0.29, 0.717) is 0 Å². The molecule has 0 atom stereocenters. The molecule has 0 fully saturated rings. The van der Waals surface area contributed by atoms with Crippen LogP contribution in [0.5, 0.6) is 0 Å². The van der Waals surface area contributed by atoms with Crippen LogP contribution in [0, 0.1) is 5.82 Å². The molecule has 0 aliphatic carbocycles. The van der Waals surface area contributed by atoms with Gasteiger partial charge in [-0.1, -0.05) is 23.7 Å². The van der Waals surface area contributed by atoms with Crippen LogP contribution in [0.4, 0.5) is 23.2 Å². The Morgan fingerprint density at radius 1 is 1.12 bits per heavy atom. The van der Waals surface area contributed by atoms with E-state index < -0.39 is 41.6 Å². The van der Waals surface area contributed by atoms with E-state index in [4.69, 9.17) is 11.6 Å². The van der Waals surface area contributed by atoms with Gasteiger partial charge in [-0.2, -0.15) is 13.2 Å². The summed E-state index contributed by atoms with van der Waals surface area (Å²) in [7, 11) is 0. The molecule has 2 aromatic rings. The normalized spacial score (nSPS) is 11.1. The minimum absolute atomic E-state index is 0.125. The van der Waals surface area contributed by atoms with Gasteiger partial charge in [-0.25, -0.2) is 9.18 Å². The van der Waals surface area contributed by atoms with Crippen LogP contribution in [0.15, 0.2) is 42.5 Å². The van der Waals surface area contributed by atoms with Crippen molar-refractivity contribution in [3.63, 3.8) is 0 Å². The van der Waals surface area contributed by atoms with E-state index >= 15 is 0 Å². The Bertz CT molecular complexity index is 788. The number of hydrogen-bond acceptors (Lipinski definition) is 3. The Morgan fingerprint density at radius 2 is 1.80 bits per heavy atom. The molecule has 0 aromatic heterocycles. The molecular formula is C16H10ClF4NO3. The molecule has 2 rings (SSSR count). The second-order valence-electron chi connectivity index (χ2n) is 4.80. The van der Waals surface area contributed by atoms with E-state index in [1.807, 2.05) is 0 Å². The number of esters is 1. The molecule has 0 bridgehead atoms. The van der Waals surface area contributed by atoms with Crippen LogP contribution in [0.25, 0.3) is 0 Å². The molecule has 0 spiro atoms. The van der Waals surface area contributed by atoms with E-state index in [1.165, 1.54) is 18.2 Å². The lowest BCUT2D eigenvalue weighted by Gasteiger charge is -2.10. The number of ether oxygens (including phenoxy) is 1. The highest BCUT2D eigenvalue weighted by molar-refractivity contribution is 6.33. The Hall–Kier alpha value is -2.61. The highest BCUT2D eigenvalue weighted by atomic mass is 35.5. The number of carbonyl (C=O) groups excluding carboxylic acids is 2. The lowest BCUT2D eigenvalue weighted by atomic mass is 10.2. The Morgan fingerprint density at radius 3 is 2.44 bits per heavy atom. The SMILES string of the molecule is O=C(COC(=O)c1c(F)cccc1Cl)Nc1cccc(C(F)(F)F)c1. The van der Waals surface area contributed by atoms with Gasteiger partial charge in [0.05, 0.1) is 10.6 Å². The maximum atomic E-state index is 13.5. The third kappa shape index (κ3) is 4.93. The fraction of sp³-hybridized carbons (Fsp3) is 0.125. The average molecular weight is 376 g/mol. The highest BCUT2D eigenvalue weighted by Crippen LogP contribution is 2.30. The van der Waals surface area contributed by atoms with Crippen molar-refractivity contribution in [1.29, 1.82) is 0 Å². The first-order valence-corrected chi connectivity index (χ1v) is 7.14. The summed E-state index contributed by atoms with van der Waals surface area (Å²) >= 11 is 5.68. The van der Waals surface area contributed by atoms with E-state index in [9.17, 15) is 27.2 Å². The predicted molar refractivity (Wildman–Crippen MR) is 81.8 cm³/mol. The maximum Gasteiger partial charge on any atom is 0.416 e. The molecule has 0 heterocycles. The topological polar surface area (TPSA) is 55.4 Å². The van der Waals surface area contributed by atoms with Crippen LogP contribution in [-0.2, 0) is 15.7 Å². The molecular weight excluding hydrogens is 366 g/mol. The molecule has 0 radical (unpaired) electrons. The molecule has 0 saturated carbocycles. The van der Waals surface area contributed by atoms with Crippen molar-refractivity contribution < 1.29 is 31.9 Å². The molecule has 2 aromatic carbocycles. The van der Waals surface area contributed by atoms with Crippen molar-refractivity contribution in [3.8, 4) is 0 Å². The first-order valence-electron chi connectivity index (χ1n) is 6.76. The zero-order chi connectivity index (χ0) is 18.6. The molecule has 9 heteroatoms. The molecule has 0 unspecified atom stereocenters. The van der Waals surface area contributed by atoms with Crippen LogP contribution in [0.3, 0.4) is 0 Å². The van der Waals surface area contributed by atoms with Crippen molar-refractivity contribution in [2.24, 2.45) is 0 Å². The minimum atomic E-state index is -4.56. The van der Waals surface area contributed by atoms with E-state index in [-0.39, 0.29) is 10.7 Å². The van der Waals surface area contributed by atoms with Crippen LogP contribution in [0.1, 0.15) is 15.9 Å². The van der Waals surface area contributed by atoms with Crippen molar-refractivity contribution in [2.75, 3.05) is 11.9 Å². The summed E-state index contributed by atoms with van der Waals surface area (Å²) < 4.78 is 55.9. The van der Waals surface area contributed by atoms with Crippen molar-refractivity contribution in [3.05, 3.63) is 64.4 Å². The summed E-state index contributed by atoms with van der Waals surface area (Å²) in [5.41, 5.74) is -1.60. The summed E-state index contributed by atoms with van der Waals surface area (Å²) in [6, 6.07) is 7.47. The van der Waals surface area contributed by atoms with Gasteiger partial charge in [-0.05, 0) is 30.3 Å². The number of alkyl halides is 3. The summed E-state index contributed by atoms with van der Waals surface area (Å²) in [5, 5.41) is 1.96. The van der Waals surface area contributed by atoms with Crippen LogP contribution >= 0.6 is 11.6 Å². The Labute approximate surface area is 144 Å². The van der Waals surface area contributed by atoms with Crippen molar-refractivity contribution in [1.82, 2.24) is 0 Å². The molecule has 0 aliphatic rings. The van der Waals surface area contributed by atoms with E-state index in [0.717, 1.165) is 24.3 Å². The number of benzene rings is 2. The van der Waals surface area contributed by atoms with Gasteiger partial charge in [0.15, 0.2) is 6.61 Å². The largest absolute Gasteiger partial charge is 0.452 e. The zero-order valence-electron chi connectivity index (χ0n) is 12.4. The fourth-order valence-corrected chi connectivity index (χ4v) is 2.11. The third-order valence-electron chi connectivity index (χ3n) is 2.97. The average Bonchev–Trinajstić information content (AvgIpc) is 2.52. The molecule has 0 aliphatic heterocycles. The molecule has 25 heavy (non-hydrogen) atoms. The van der Waals surface area contributed by atoms with Crippen LogP contribution in [-0.4, -0.2) is 18.5 Å².